The minimum atomic E-state index is 1.41. The standard InChI is InChI=1S/C11H16.CH2O/c1-7-6-8(2)10(4)11(5)9(7)3;1-2/h6H,1-5H3;1H2. The summed E-state index contributed by atoms with van der Waals surface area (Å²) >= 11 is 0. The number of rotatable bonds is 0. The van der Waals surface area contributed by atoms with Crippen LogP contribution in [0.5, 0.6) is 0 Å². The van der Waals surface area contributed by atoms with Gasteiger partial charge in [0.05, 0.1) is 0 Å². The van der Waals surface area contributed by atoms with Gasteiger partial charge in [-0.25, -0.2) is 0 Å². The molecule has 1 rings (SSSR count). The van der Waals surface area contributed by atoms with Gasteiger partial charge in [0.2, 0.25) is 0 Å². The molecule has 0 fully saturated rings. The molecule has 72 valence electrons. The topological polar surface area (TPSA) is 17.1 Å². The van der Waals surface area contributed by atoms with Gasteiger partial charge >= 0.3 is 0 Å². The molecule has 0 spiro atoms. The van der Waals surface area contributed by atoms with Crippen LogP contribution in [0.4, 0.5) is 0 Å². The van der Waals surface area contributed by atoms with Crippen LogP contribution < -0.4 is 0 Å². The van der Waals surface area contributed by atoms with Gasteiger partial charge in [0.15, 0.2) is 0 Å². The third kappa shape index (κ3) is 2.41. The normalized spacial score (nSPS) is 9.00. The van der Waals surface area contributed by atoms with E-state index in [0.717, 1.165) is 0 Å². The van der Waals surface area contributed by atoms with Gasteiger partial charge in [-0.3, -0.25) is 0 Å². The lowest BCUT2D eigenvalue weighted by Gasteiger charge is -2.10. The molecule has 0 heterocycles. The number of benzene rings is 1. The van der Waals surface area contributed by atoms with Gasteiger partial charge in [-0.2, -0.15) is 0 Å². The minimum Gasteiger partial charge on any atom is -0.307 e. The minimum absolute atomic E-state index is 1.41. The molecule has 0 unspecified atom stereocenters. The van der Waals surface area contributed by atoms with Gasteiger partial charge in [-0.15, -0.1) is 0 Å². The Kier molecular flexibility index (Phi) is 4.39. The fourth-order valence-electron chi connectivity index (χ4n) is 1.41. The molecule has 1 aromatic rings. The first kappa shape index (κ1) is 11.9. The van der Waals surface area contributed by atoms with Crippen molar-refractivity contribution in [1.29, 1.82) is 0 Å². The summed E-state index contributed by atoms with van der Waals surface area (Å²) in [5, 5.41) is 0. The van der Waals surface area contributed by atoms with Crippen molar-refractivity contribution in [3.05, 3.63) is 33.9 Å². The smallest absolute Gasteiger partial charge is 0.106 e. The Morgan fingerprint density at radius 3 is 1.38 bits per heavy atom. The second-order valence-electron chi connectivity index (χ2n) is 3.39. The molecule has 0 aliphatic heterocycles. The lowest BCUT2D eigenvalue weighted by Crippen LogP contribution is -1.93. The third-order valence-electron chi connectivity index (χ3n) is 2.74. The van der Waals surface area contributed by atoms with Crippen molar-refractivity contribution >= 4 is 6.79 Å². The summed E-state index contributed by atoms with van der Waals surface area (Å²) in [4.78, 5) is 8.00. The molecule has 0 amide bonds. The van der Waals surface area contributed by atoms with E-state index in [1.807, 2.05) is 6.79 Å². The highest BCUT2D eigenvalue weighted by atomic mass is 16.1. The molecular weight excluding hydrogens is 160 g/mol. The van der Waals surface area contributed by atoms with Gasteiger partial charge in [-0.05, 0) is 62.4 Å². The summed E-state index contributed by atoms with van der Waals surface area (Å²) in [6, 6.07) is 2.26. The van der Waals surface area contributed by atoms with E-state index in [4.69, 9.17) is 4.79 Å². The number of carbonyl (C=O) groups excluding carboxylic acids is 1. The zero-order valence-corrected chi connectivity index (χ0v) is 9.19. The lowest BCUT2D eigenvalue weighted by atomic mass is 9.96. The summed E-state index contributed by atoms with van der Waals surface area (Å²) in [7, 11) is 0. The molecule has 1 aromatic carbocycles. The largest absolute Gasteiger partial charge is 0.307 e. The van der Waals surface area contributed by atoms with Crippen molar-refractivity contribution in [2.45, 2.75) is 34.6 Å². The molecule has 0 radical (unpaired) electrons. The number of carbonyl (C=O) groups is 1. The van der Waals surface area contributed by atoms with E-state index in [9.17, 15) is 0 Å². The first-order valence-corrected chi connectivity index (χ1v) is 4.37. The van der Waals surface area contributed by atoms with E-state index in [-0.39, 0.29) is 0 Å². The van der Waals surface area contributed by atoms with E-state index in [2.05, 4.69) is 40.7 Å². The van der Waals surface area contributed by atoms with Gasteiger partial charge in [0, 0.05) is 0 Å². The van der Waals surface area contributed by atoms with E-state index in [0.29, 0.717) is 0 Å². The molecule has 1 nitrogen and oxygen atoms in total. The van der Waals surface area contributed by atoms with Crippen LogP contribution in [0.3, 0.4) is 0 Å². The molecule has 0 atom stereocenters. The molecule has 0 saturated carbocycles. The van der Waals surface area contributed by atoms with Gasteiger partial charge < -0.3 is 4.79 Å². The molecule has 0 N–H and O–H groups in total. The predicted molar refractivity (Wildman–Crippen MR) is 57.2 cm³/mol. The Morgan fingerprint density at radius 2 is 1.08 bits per heavy atom. The first-order valence-electron chi connectivity index (χ1n) is 4.37. The summed E-state index contributed by atoms with van der Waals surface area (Å²) in [6.45, 7) is 12.9. The summed E-state index contributed by atoms with van der Waals surface area (Å²) < 4.78 is 0. The van der Waals surface area contributed by atoms with Gasteiger partial charge in [0.25, 0.3) is 0 Å². The van der Waals surface area contributed by atoms with Crippen molar-refractivity contribution < 1.29 is 4.79 Å². The molecule has 13 heavy (non-hydrogen) atoms. The Balaban J connectivity index is 0.000000671. The van der Waals surface area contributed by atoms with Crippen molar-refractivity contribution in [2.75, 3.05) is 0 Å². The zero-order valence-electron chi connectivity index (χ0n) is 9.19. The van der Waals surface area contributed by atoms with Crippen molar-refractivity contribution in [3.63, 3.8) is 0 Å². The Bertz CT molecular complexity index is 274. The third-order valence-corrected chi connectivity index (χ3v) is 2.74. The van der Waals surface area contributed by atoms with E-state index in [1.54, 1.807) is 0 Å². The average Bonchev–Trinajstić information content (AvgIpc) is 2.15. The lowest BCUT2D eigenvalue weighted by molar-refractivity contribution is -0.0979. The highest BCUT2D eigenvalue weighted by Gasteiger charge is 2.02. The van der Waals surface area contributed by atoms with Crippen LogP contribution in [0.2, 0.25) is 0 Å². The summed E-state index contributed by atoms with van der Waals surface area (Å²) in [6.07, 6.45) is 0. The number of hydrogen-bond acceptors (Lipinski definition) is 1. The van der Waals surface area contributed by atoms with Crippen LogP contribution in [0.1, 0.15) is 27.8 Å². The number of aryl methyl sites for hydroxylation is 2. The van der Waals surface area contributed by atoms with Crippen molar-refractivity contribution in [1.82, 2.24) is 0 Å². The van der Waals surface area contributed by atoms with E-state index >= 15 is 0 Å². The summed E-state index contributed by atoms with van der Waals surface area (Å²) in [5.74, 6) is 0. The molecule has 1 heteroatoms. The maximum atomic E-state index is 8.00. The van der Waals surface area contributed by atoms with Crippen LogP contribution in [0.15, 0.2) is 6.07 Å². The fourth-order valence-corrected chi connectivity index (χ4v) is 1.41. The maximum Gasteiger partial charge on any atom is 0.106 e. The zero-order chi connectivity index (χ0) is 10.6. The van der Waals surface area contributed by atoms with Crippen molar-refractivity contribution in [2.24, 2.45) is 0 Å². The highest BCUT2D eigenvalue weighted by Crippen LogP contribution is 2.19. The van der Waals surface area contributed by atoms with Crippen LogP contribution in [0.25, 0.3) is 0 Å². The molecule has 0 aliphatic carbocycles. The quantitative estimate of drug-likeness (QED) is 0.596. The molecule has 0 aromatic heterocycles. The van der Waals surface area contributed by atoms with Crippen molar-refractivity contribution in [3.8, 4) is 0 Å². The van der Waals surface area contributed by atoms with Gasteiger partial charge in [-0.1, -0.05) is 6.07 Å². The maximum absolute atomic E-state index is 8.00. The van der Waals surface area contributed by atoms with Crippen LogP contribution in [-0.2, 0) is 4.79 Å². The van der Waals surface area contributed by atoms with Crippen LogP contribution >= 0.6 is 0 Å². The van der Waals surface area contributed by atoms with E-state index in [1.165, 1.54) is 27.8 Å². The SMILES string of the molecule is C=O.Cc1cc(C)c(C)c(C)c1C. The molecule has 0 aliphatic rings. The predicted octanol–water partition coefficient (Wildman–Crippen LogP) is 3.04. The Morgan fingerprint density at radius 1 is 0.769 bits per heavy atom. The first-order chi connectivity index (χ1) is 6.04. The molecule has 0 saturated heterocycles. The molecule has 0 bridgehead atoms. The van der Waals surface area contributed by atoms with E-state index < -0.39 is 0 Å². The second kappa shape index (κ2) is 4.80. The second-order valence-corrected chi connectivity index (χ2v) is 3.39. The Labute approximate surface area is 80.8 Å². The van der Waals surface area contributed by atoms with Gasteiger partial charge in [0.1, 0.15) is 6.79 Å². The van der Waals surface area contributed by atoms with Crippen LogP contribution in [-0.4, -0.2) is 6.79 Å². The number of hydrogen-bond donors (Lipinski definition) is 0. The fraction of sp³-hybridized carbons (Fsp3) is 0.417. The summed E-state index contributed by atoms with van der Waals surface area (Å²) in [5.41, 5.74) is 7.14. The average molecular weight is 178 g/mol. The Hall–Kier alpha value is -1.11. The highest BCUT2D eigenvalue weighted by molar-refractivity contribution is 5.42. The van der Waals surface area contributed by atoms with Crippen LogP contribution in [0, 0.1) is 34.6 Å². The molecular formula is C12H18O. The monoisotopic (exact) mass is 178 g/mol.